The molecule has 2 aliphatic rings. The zero-order chi connectivity index (χ0) is 19.1. The van der Waals surface area contributed by atoms with E-state index in [0.717, 1.165) is 32.1 Å². The largest absolute Gasteiger partial charge is 0.354 e. The highest BCUT2D eigenvalue weighted by atomic mass is 16.2. The van der Waals surface area contributed by atoms with Crippen LogP contribution in [-0.2, 0) is 9.59 Å². The summed E-state index contributed by atoms with van der Waals surface area (Å²) in [4.78, 5) is 44.6. The highest BCUT2D eigenvalue weighted by Gasteiger charge is 2.28. The van der Waals surface area contributed by atoms with Gasteiger partial charge in [0.1, 0.15) is 0 Å². The van der Waals surface area contributed by atoms with Crippen LogP contribution in [-0.4, -0.2) is 104 Å². The van der Waals surface area contributed by atoms with Gasteiger partial charge < -0.3 is 20.9 Å². The number of hydrogen-bond acceptors (Lipinski definition) is 5. The van der Waals surface area contributed by atoms with Crippen molar-refractivity contribution in [3.63, 3.8) is 0 Å². The monoisotopic (exact) mass is 367 g/mol. The minimum atomic E-state index is -0.347. The molecule has 0 unspecified atom stereocenters. The van der Waals surface area contributed by atoms with E-state index < -0.39 is 0 Å². The van der Waals surface area contributed by atoms with Gasteiger partial charge in [0.15, 0.2) is 5.96 Å². The lowest BCUT2D eigenvalue weighted by Gasteiger charge is -2.36. The molecule has 0 saturated carbocycles. The molecule has 0 aromatic carbocycles. The molecule has 0 aromatic rings. The standard InChI is InChI=1S/C16H29N7O3/c1-12(2)20-13(24)11-21-6-8-22(9-7-21)15(17-3)18-4-5-23-14(25)10-19-16(23)26/h12H,4-11H2,1-3H3,(H,17,18)(H,19,26)(H,20,24). The van der Waals surface area contributed by atoms with E-state index in [1.165, 1.54) is 4.90 Å². The van der Waals surface area contributed by atoms with Crippen molar-refractivity contribution in [2.24, 2.45) is 4.99 Å². The Hall–Kier alpha value is -2.36. The molecule has 4 amide bonds. The lowest BCUT2D eigenvalue weighted by atomic mass is 10.3. The molecule has 0 aromatic heterocycles. The van der Waals surface area contributed by atoms with E-state index in [2.05, 4.69) is 30.7 Å². The van der Waals surface area contributed by atoms with E-state index >= 15 is 0 Å². The third-order valence-corrected chi connectivity index (χ3v) is 4.26. The molecular formula is C16H29N7O3. The predicted molar refractivity (Wildman–Crippen MR) is 97.8 cm³/mol. The molecule has 2 fully saturated rings. The molecule has 0 radical (unpaired) electrons. The van der Waals surface area contributed by atoms with Crippen LogP contribution in [0.4, 0.5) is 4.79 Å². The lowest BCUT2D eigenvalue weighted by molar-refractivity contribution is -0.125. The first-order valence-corrected chi connectivity index (χ1v) is 8.96. The van der Waals surface area contributed by atoms with Crippen LogP contribution >= 0.6 is 0 Å². The molecule has 10 heteroatoms. The van der Waals surface area contributed by atoms with E-state index in [9.17, 15) is 14.4 Å². The number of amides is 4. The third kappa shape index (κ3) is 5.58. The van der Waals surface area contributed by atoms with Crippen molar-refractivity contribution in [1.82, 2.24) is 30.7 Å². The van der Waals surface area contributed by atoms with Crippen LogP contribution in [0.1, 0.15) is 13.8 Å². The van der Waals surface area contributed by atoms with Crippen LogP contribution in [0.3, 0.4) is 0 Å². The second-order valence-corrected chi connectivity index (χ2v) is 6.66. The predicted octanol–water partition coefficient (Wildman–Crippen LogP) is -1.74. The molecule has 3 N–H and O–H groups in total. The molecule has 146 valence electrons. The molecule has 26 heavy (non-hydrogen) atoms. The average Bonchev–Trinajstić information content (AvgIpc) is 2.90. The van der Waals surface area contributed by atoms with Gasteiger partial charge in [-0.25, -0.2) is 4.79 Å². The van der Waals surface area contributed by atoms with Crippen LogP contribution in [0.15, 0.2) is 4.99 Å². The molecule has 2 aliphatic heterocycles. The average molecular weight is 367 g/mol. The Morgan fingerprint density at radius 3 is 2.46 bits per heavy atom. The van der Waals surface area contributed by atoms with Gasteiger partial charge in [0.05, 0.1) is 13.1 Å². The van der Waals surface area contributed by atoms with E-state index in [1.54, 1.807) is 7.05 Å². The zero-order valence-corrected chi connectivity index (χ0v) is 15.7. The fourth-order valence-electron chi connectivity index (χ4n) is 2.98. The first kappa shape index (κ1) is 20.0. The van der Waals surface area contributed by atoms with Crippen LogP contribution in [0, 0.1) is 0 Å². The number of hydrogen-bond donors (Lipinski definition) is 3. The maximum atomic E-state index is 11.8. The van der Waals surface area contributed by atoms with E-state index in [1.807, 2.05) is 13.8 Å². The highest BCUT2D eigenvalue weighted by Crippen LogP contribution is 2.03. The van der Waals surface area contributed by atoms with Crippen LogP contribution in [0.25, 0.3) is 0 Å². The van der Waals surface area contributed by atoms with Crippen LogP contribution in [0.5, 0.6) is 0 Å². The first-order valence-electron chi connectivity index (χ1n) is 8.96. The van der Waals surface area contributed by atoms with Gasteiger partial charge in [-0.05, 0) is 13.8 Å². The van der Waals surface area contributed by atoms with Crippen molar-refractivity contribution in [3.05, 3.63) is 0 Å². The summed E-state index contributed by atoms with van der Waals surface area (Å²) >= 11 is 0. The van der Waals surface area contributed by atoms with E-state index in [-0.39, 0.29) is 30.4 Å². The lowest BCUT2D eigenvalue weighted by Crippen LogP contribution is -2.54. The second kappa shape index (κ2) is 9.37. The smallest absolute Gasteiger partial charge is 0.324 e. The fourth-order valence-corrected chi connectivity index (χ4v) is 2.98. The van der Waals surface area contributed by atoms with Crippen molar-refractivity contribution in [2.75, 3.05) is 59.4 Å². The summed E-state index contributed by atoms with van der Waals surface area (Å²) in [6.45, 7) is 8.20. The maximum absolute atomic E-state index is 11.8. The van der Waals surface area contributed by atoms with E-state index in [4.69, 9.17) is 0 Å². The first-order chi connectivity index (χ1) is 12.4. The minimum Gasteiger partial charge on any atom is -0.354 e. The van der Waals surface area contributed by atoms with Gasteiger partial charge in [-0.1, -0.05) is 0 Å². The summed E-state index contributed by atoms with van der Waals surface area (Å²) < 4.78 is 0. The zero-order valence-electron chi connectivity index (χ0n) is 15.7. The molecular weight excluding hydrogens is 338 g/mol. The van der Waals surface area contributed by atoms with Crippen molar-refractivity contribution in [2.45, 2.75) is 19.9 Å². The van der Waals surface area contributed by atoms with Crippen LogP contribution < -0.4 is 16.0 Å². The maximum Gasteiger partial charge on any atom is 0.324 e. The normalized spacial score (nSPS) is 19.2. The van der Waals surface area contributed by atoms with Gasteiger partial charge in [-0.15, -0.1) is 0 Å². The van der Waals surface area contributed by atoms with Gasteiger partial charge in [0.2, 0.25) is 11.8 Å². The van der Waals surface area contributed by atoms with Crippen molar-refractivity contribution in [1.29, 1.82) is 0 Å². The molecule has 10 nitrogen and oxygen atoms in total. The molecule has 0 aliphatic carbocycles. The number of nitrogens with one attached hydrogen (secondary N) is 3. The molecule has 0 atom stereocenters. The highest BCUT2D eigenvalue weighted by molar-refractivity contribution is 6.01. The number of carbonyl (C=O) groups excluding carboxylic acids is 3. The van der Waals surface area contributed by atoms with Crippen molar-refractivity contribution >= 4 is 23.8 Å². The Morgan fingerprint density at radius 1 is 1.23 bits per heavy atom. The van der Waals surface area contributed by atoms with Crippen molar-refractivity contribution in [3.8, 4) is 0 Å². The molecule has 2 saturated heterocycles. The number of aliphatic imine (C=N–C) groups is 1. The number of imide groups is 1. The summed E-state index contributed by atoms with van der Waals surface area (Å²) in [5, 5.41) is 8.59. The summed E-state index contributed by atoms with van der Waals surface area (Å²) in [6.07, 6.45) is 0. The number of guanidine groups is 1. The van der Waals surface area contributed by atoms with Crippen molar-refractivity contribution < 1.29 is 14.4 Å². The molecule has 0 spiro atoms. The summed E-state index contributed by atoms with van der Waals surface area (Å²) in [5.41, 5.74) is 0. The van der Waals surface area contributed by atoms with E-state index in [0.29, 0.717) is 19.6 Å². The fraction of sp³-hybridized carbons (Fsp3) is 0.750. The number of piperazine rings is 1. The van der Waals surface area contributed by atoms with Gasteiger partial charge in [-0.2, -0.15) is 0 Å². The quantitative estimate of drug-likeness (QED) is 0.292. The van der Waals surface area contributed by atoms with Gasteiger partial charge in [0.25, 0.3) is 0 Å². The van der Waals surface area contributed by atoms with Crippen LogP contribution in [0.2, 0.25) is 0 Å². The van der Waals surface area contributed by atoms with Gasteiger partial charge in [0, 0.05) is 52.4 Å². The summed E-state index contributed by atoms with van der Waals surface area (Å²) in [7, 11) is 1.71. The Bertz CT molecular complexity index is 540. The van der Waals surface area contributed by atoms with Gasteiger partial charge in [-0.3, -0.25) is 24.4 Å². The number of carbonyl (C=O) groups is 3. The second-order valence-electron chi connectivity index (χ2n) is 6.66. The van der Waals surface area contributed by atoms with Gasteiger partial charge >= 0.3 is 6.03 Å². The molecule has 2 rings (SSSR count). The number of nitrogens with zero attached hydrogens (tertiary/aromatic N) is 4. The summed E-state index contributed by atoms with van der Waals surface area (Å²) in [5.74, 6) is 0.577. The Balaban J connectivity index is 1.72. The molecule has 2 heterocycles. The number of rotatable bonds is 6. The Labute approximate surface area is 154 Å². The Kier molecular flexibility index (Phi) is 7.19. The Morgan fingerprint density at radius 2 is 1.92 bits per heavy atom. The summed E-state index contributed by atoms with van der Waals surface area (Å²) in [6, 6.07) is -0.198. The SMILES string of the molecule is CN=C(NCCN1C(=O)CNC1=O)N1CCN(CC(=O)NC(C)C)CC1. The topological polar surface area (TPSA) is 109 Å². The number of urea groups is 1. The molecule has 0 bridgehead atoms. The minimum absolute atomic E-state index is 0.0458. The third-order valence-electron chi connectivity index (χ3n) is 4.26.